The number of hydrogen-bond donors (Lipinski definition) is 4. The second-order valence-corrected chi connectivity index (χ2v) is 12.6. The van der Waals surface area contributed by atoms with Crippen LogP contribution in [0.5, 0.6) is 0 Å². The standard InChI is InChI=1S/C28H26N6O4S2.ClH/c35-39(36,33-21-7-1-5-19(17-21)27-29-13-14-30-27)25-11-3-10-24-23(25)9-4-12-26(24)40(37,38)34-22-8-2-6-20(18-22)28-31-15-16-32-28;/h1-12,17-18,33-34H,13-16H2,(H,29,30)(H,31,32);1H. The molecule has 0 aliphatic carbocycles. The highest BCUT2D eigenvalue weighted by molar-refractivity contribution is 7.93. The number of amidine groups is 2. The van der Waals surface area contributed by atoms with Gasteiger partial charge in [0.15, 0.2) is 0 Å². The molecule has 0 fully saturated rings. The molecule has 0 atom stereocenters. The predicted octanol–water partition coefficient (Wildman–Crippen LogP) is 3.56. The Hall–Kier alpha value is -4.13. The van der Waals surface area contributed by atoms with E-state index in [-0.39, 0.29) is 33.0 Å². The van der Waals surface area contributed by atoms with E-state index in [1.807, 2.05) is 12.1 Å². The Balaban J connectivity index is 0.00000337. The lowest BCUT2D eigenvalue weighted by atomic mass is 10.1. The summed E-state index contributed by atoms with van der Waals surface area (Å²) in [5.74, 6) is 1.43. The highest BCUT2D eigenvalue weighted by atomic mass is 35.5. The molecule has 0 unspecified atom stereocenters. The second-order valence-electron chi connectivity index (χ2n) is 9.29. The third kappa shape index (κ3) is 5.85. The summed E-state index contributed by atoms with van der Waals surface area (Å²) in [6.45, 7) is 2.80. The minimum atomic E-state index is -4.06. The van der Waals surface area contributed by atoms with Crippen LogP contribution in [-0.4, -0.2) is 54.7 Å². The summed E-state index contributed by atoms with van der Waals surface area (Å²) >= 11 is 0. The molecule has 0 aromatic heterocycles. The van der Waals surface area contributed by atoms with Crippen LogP contribution < -0.4 is 20.1 Å². The van der Waals surface area contributed by atoms with Crippen LogP contribution in [0.25, 0.3) is 10.8 Å². The van der Waals surface area contributed by atoms with Gasteiger partial charge in [0.2, 0.25) is 0 Å². The van der Waals surface area contributed by atoms with Gasteiger partial charge in [-0.15, -0.1) is 12.4 Å². The van der Waals surface area contributed by atoms with Gasteiger partial charge in [0, 0.05) is 46.4 Å². The molecule has 4 aromatic carbocycles. The van der Waals surface area contributed by atoms with E-state index in [1.54, 1.807) is 48.5 Å². The minimum Gasteiger partial charge on any atom is -0.368 e. The molecule has 212 valence electrons. The van der Waals surface area contributed by atoms with Crippen LogP contribution in [-0.2, 0) is 20.0 Å². The number of anilines is 2. The molecule has 0 amide bonds. The molecule has 4 aromatic rings. The maximum Gasteiger partial charge on any atom is 0.262 e. The van der Waals surface area contributed by atoms with Crippen molar-refractivity contribution in [2.75, 3.05) is 35.6 Å². The molecule has 6 rings (SSSR count). The number of fused-ring (bicyclic) bond motifs is 1. The van der Waals surface area contributed by atoms with Crippen molar-refractivity contribution in [3.8, 4) is 0 Å². The summed E-state index contributed by atoms with van der Waals surface area (Å²) in [7, 11) is -8.12. The van der Waals surface area contributed by atoms with E-state index in [4.69, 9.17) is 0 Å². The van der Waals surface area contributed by atoms with Gasteiger partial charge < -0.3 is 10.6 Å². The predicted molar refractivity (Wildman–Crippen MR) is 165 cm³/mol. The highest BCUT2D eigenvalue weighted by Gasteiger charge is 2.23. The average molecular weight is 611 g/mol. The lowest BCUT2D eigenvalue weighted by Gasteiger charge is -2.15. The molecule has 0 radical (unpaired) electrons. The van der Waals surface area contributed by atoms with Gasteiger partial charge in [0.1, 0.15) is 11.7 Å². The third-order valence-corrected chi connectivity index (χ3v) is 9.42. The maximum absolute atomic E-state index is 13.5. The van der Waals surface area contributed by atoms with Crippen LogP contribution in [0.4, 0.5) is 11.4 Å². The van der Waals surface area contributed by atoms with Gasteiger partial charge in [-0.3, -0.25) is 19.4 Å². The molecule has 41 heavy (non-hydrogen) atoms. The van der Waals surface area contributed by atoms with Crippen molar-refractivity contribution in [2.24, 2.45) is 9.98 Å². The highest BCUT2D eigenvalue weighted by Crippen LogP contribution is 2.31. The molecule has 0 bridgehead atoms. The van der Waals surface area contributed by atoms with E-state index >= 15 is 0 Å². The molecule has 2 aliphatic rings. The lowest BCUT2D eigenvalue weighted by Crippen LogP contribution is -2.20. The first-order chi connectivity index (χ1) is 19.3. The number of halogens is 1. The van der Waals surface area contributed by atoms with Crippen molar-refractivity contribution in [3.63, 3.8) is 0 Å². The van der Waals surface area contributed by atoms with Crippen molar-refractivity contribution in [2.45, 2.75) is 9.79 Å². The Morgan fingerprint density at radius 2 is 1.00 bits per heavy atom. The van der Waals surface area contributed by atoms with Crippen molar-refractivity contribution in [1.82, 2.24) is 10.6 Å². The first kappa shape index (κ1) is 28.4. The van der Waals surface area contributed by atoms with Crippen LogP contribution in [0.15, 0.2) is 105 Å². The van der Waals surface area contributed by atoms with Gasteiger partial charge in [0.05, 0.1) is 22.9 Å². The molecule has 0 saturated heterocycles. The molecule has 0 saturated carbocycles. The summed E-state index contributed by atoms with van der Waals surface area (Å²) in [6, 6.07) is 23.1. The van der Waals surface area contributed by atoms with E-state index < -0.39 is 20.0 Å². The van der Waals surface area contributed by atoms with Crippen LogP contribution in [0.2, 0.25) is 0 Å². The number of aliphatic imine (C=N–C) groups is 2. The summed E-state index contributed by atoms with van der Waals surface area (Å²) < 4.78 is 59.4. The molecular formula is C28H27ClN6O4S2. The molecule has 10 nitrogen and oxygen atoms in total. The first-order valence-electron chi connectivity index (χ1n) is 12.7. The van der Waals surface area contributed by atoms with Gasteiger partial charge in [-0.05, 0) is 36.4 Å². The zero-order valence-electron chi connectivity index (χ0n) is 21.7. The van der Waals surface area contributed by atoms with E-state index in [0.717, 1.165) is 24.2 Å². The van der Waals surface area contributed by atoms with Crippen molar-refractivity contribution in [1.29, 1.82) is 0 Å². The number of rotatable bonds is 8. The molecular weight excluding hydrogens is 584 g/mol. The fourth-order valence-corrected chi connectivity index (χ4v) is 7.33. The third-order valence-electron chi connectivity index (χ3n) is 6.55. The largest absolute Gasteiger partial charge is 0.368 e. The Kier molecular flexibility index (Phi) is 7.89. The molecule has 4 N–H and O–H groups in total. The summed E-state index contributed by atoms with van der Waals surface area (Å²) in [5.41, 5.74) is 2.29. The molecule has 2 aliphatic heterocycles. The average Bonchev–Trinajstić information content (AvgIpc) is 3.68. The normalized spacial score (nSPS) is 14.8. The molecule has 0 spiro atoms. The van der Waals surface area contributed by atoms with Crippen LogP contribution in [0, 0.1) is 0 Å². The van der Waals surface area contributed by atoms with Crippen molar-refractivity contribution in [3.05, 3.63) is 96.1 Å². The first-order valence-corrected chi connectivity index (χ1v) is 15.6. The summed E-state index contributed by atoms with van der Waals surface area (Å²) in [4.78, 5) is 8.71. The van der Waals surface area contributed by atoms with Crippen molar-refractivity contribution < 1.29 is 16.8 Å². The van der Waals surface area contributed by atoms with Crippen LogP contribution >= 0.6 is 12.4 Å². The van der Waals surface area contributed by atoms with Gasteiger partial charge in [0.25, 0.3) is 20.0 Å². The number of benzene rings is 4. The van der Waals surface area contributed by atoms with E-state index in [9.17, 15) is 16.8 Å². The topological polar surface area (TPSA) is 141 Å². The fourth-order valence-electron chi connectivity index (χ4n) is 4.78. The minimum absolute atomic E-state index is 0. The number of nitrogens with one attached hydrogen (secondary N) is 4. The zero-order valence-corrected chi connectivity index (χ0v) is 24.1. The number of hydrogen-bond acceptors (Lipinski definition) is 8. The number of sulfonamides is 2. The quantitative estimate of drug-likeness (QED) is 0.240. The van der Waals surface area contributed by atoms with Crippen LogP contribution in [0.1, 0.15) is 11.1 Å². The van der Waals surface area contributed by atoms with Crippen LogP contribution in [0.3, 0.4) is 0 Å². The monoisotopic (exact) mass is 610 g/mol. The van der Waals surface area contributed by atoms with E-state index in [1.165, 1.54) is 24.3 Å². The number of nitrogens with zero attached hydrogens (tertiary/aromatic N) is 2. The summed E-state index contributed by atoms with van der Waals surface area (Å²) in [5, 5.41) is 6.92. The molecule has 2 heterocycles. The summed E-state index contributed by atoms with van der Waals surface area (Å²) in [6.07, 6.45) is 0. The Morgan fingerprint density at radius 1 is 0.585 bits per heavy atom. The van der Waals surface area contributed by atoms with E-state index in [2.05, 4.69) is 30.1 Å². The Labute approximate surface area is 244 Å². The second kappa shape index (κ2) is 11.4. The van der Waals surface area contributed by atoms with Gasteiger partial charge in [-0.25, -0.2) is 16.8 Å². The Bertz CT molecular complexity index is 1770. The van der Waals surface area contributed by atoms with Crippen molar-refractivity contribution >= 4 is 66.3 Å². The Morgan fingerprint density at radius 3 is 1.39 bits per heavy atom. The smallest absolute Gasteiger partial charge is 0.262 e. The van der Waals surface area contributed by atoms with Gasteiger partial charge >= 0.3 is 0 Å². The SMILES string of the molecule is Cl.O=S(=O)(Nc1cccc(C2=NCCN2)c1)c1cccc2c(S(=O)(=O)Nc3cccc(C4=NCCN4)c3)cccc12. The molecule has 13 heteroatoms. The fraction of sp³-hybridized carbons (Fsp3) is 0.143. The van der Waals surface area contributed by atoms with E-state index in [0.29, 0.717) is 36.1 Å². The lowest BCUT2D eigenvalue weighted by molar-refractivity contribution is 0.599. The maximum atomic E-state index is 13.5. The van der Waals surface area contributed by atoms with Gasteiger partial charge in [-0.1, -0.05) is 48.5 Å². The van der Waals surface area contributed by atoms with Gasteiger partial charge in [-0.2, -0.15) is 0 Å². The zero-order chi connectivity index (χ0) is 27.7.